The fraction of sp³-hybridized carbons (Fsp3) is 0.786. The van der Waals surface area contributed by atoms with Crippen LogP contribution >= 0.6 is 11.8 Å². The molecule has 1 aliphatic rings. The predicted molar refractivity (Wildman–Crippen MR) is 81.7 cm³/mol. The highest BCUT2D eigenvalue weighted by Gasteiger charge is 2.27. The number of rotatable bonds is 6. The first-order valence-electron chi connectivity index (χ1n) is 7.47. The summed E-state index contributed by atoms with van der Waals surface area (Å²) in [7, 11) is 0. The van der Waals surface area contributed by atoms with Crippen LogP contribution in [0.15, 0.2) is 12.7 Å². The van der Waals surface area contributed by atoms with E-state index < -0.39 is 0 Å². The Labute approximate surface area is 125 Å². The standard InChI is InChI=1S/C14H24N4OS/c1-3-4-8-20-12(2)14(19)17-7-5-6-13(9-17)18-11-15-10-16-18/h10-13H,3-9H2,1-2H3. The third-order valence-corrected chi connectivity index (χ3v) is 4.96. The van der Waals surface area contributed by atoms with Crippen LogP contribution < -0.4 is 0 Å². The van der Waals surface area contributed by atoms with Crippen LogP contribution in [0.3, 0.4) is 0 Å². The molecule has 0 aliphatic carbocycles. The molecule has 1 fully saturated rings. The highest BCUT2D eigenvalue weighted by Crippen LogP contribution is 2.23. The zero-order valence-electron chi connectivity index (χ0n) is 12.4. The van der Waals surface area contributed by atoms with Gasteiger partial charge in [-0.1, -0.05) is 13.3 Å². The van der Waals surface area contributed by atoms with E-state index in [1.54, 1.807) is 24.4 Å². The summed E-state index contributed by atoms with van der Waals surface area (Å²) in [5.41, 5.74) is 0. The van der Waals surface area contributed by atoms with Gasteiger partial charge in [-0.25, -0.2) is 9.67 Å². The average molecular weight is 296 g/mol. The van der Waals surface area contributed by atoms with Crippen LogP contribution in [0.2, 0.25) is 0 Å². The number of nitrogens with zero attached hydrogens (tertiary/aromatic N) is 4. The molecule has 2 rings (SSSR count). The van der Waals surface area contributed by atoms with Crippen molar-refractivity contribution in [3.8, 4) is 0 Å². The number of likely N-dealkylation sites (tertiary alicyclic amines) is 1. The van der Waals surface area contributed by atoms with E-state index in [2.05, 4.69) is 17.0 Å². The summed E-state index contributed by atoms with van der Waals surface area (Å²) in [5.74, 6) is 1.35. The summed E-state index contributed by atoms with van der Waals surface area (Å²) in [6.45, 7) is 5.85. The zero-order chi connectivity index (χ0) is 14.4. The minimum absolute atomic E-state index is 0.0658. The average Bonchev–Trinajstić information content (AvgIpc) is 3.01. The Balaban J connectivity index is 1.86. The molecule has 0 bridgehead atoms. The number of amides is 1. The first kappa shape index (κ1) is 15.4. The Morgan fingerprint density at radius 2 is 2.40 bits per heavy atom. The molecule has 2 atom stereocenters. The molecular formula is C14H24N4OS. The minimum Gasteiger partial charge on any atom is -0.340 e. The number of aromatic nitrogens is 3. The maximum Gasteiger partial charge on any atom is 0.235 e. The van der Waals surface area contributed by atoms with Gasteiger partial charge in [0, 0.05) is 13.1 Å². The van der Waals surface area contributed by atoms with E-state index in [-0.39, 0.29) is 17.2 Å². The van der Waals surface area contributed by atoms with E-state index in [1.165, 1.54) is 12.8 Å². The topological polar surface area (TPSA) is 51.0 Å². The van der Waals surface area contributed by atoms with E-state index in [4.69, 9.17) is 0 Å². The van der Waals surface area contributed by atoms with Crippen LogP contribution in [0.25, 0.3) is 0 Å². The van der Waals surface area contributed by atoms with Crippen molar-refractivity contribution in [3.05, 3.63) is 12.7 Å². The molecule has 20 heavy (non-hydrogen) atoms. The number of piperidine rings is 1. The Hall–Kier alpha value is -1.04. The number of carbonyl (C=O) groups is 1. The zero-order valence-corrected chi connectivity index (χ0v) is 13.2. The van der Waals surface area contributed by atoms with Crippen LogP contribution in [-0.2, 0) is 4.79 Å². The minimum atomic E-state index is 0.0658. The summed E-state index contributed by atoms with van der Waals surface area (Å²) in [6.07, 6.45) is 7.80. The Kier molecular flexibility index (Phi) is 5.88. The van der Waals surface area contributed by atoms with Crippen LogP contribution in [-0.4, -0.2) is 49.7 Å². The molecule has 2 heterocycles. The Morgan fingerprint density at radius 3 is 3.10 bits per heavy atom. The molecule has 1 aromatic rings. The number of hydrogen-bond donors (Lipinski definition) is 0. The molecular weight excluding hydrogens is 272 g/mol. The van der Waals surface area contributed by atoms with Gasteiger partial charge in [-0.05, 0) is 31.9 Å². The second-order valence-corrected chi connectivity index (χ2v) is 6.77. The van der Waals surface area contributed by atoms with Gasteiger partial charge in [0.2, 0.25) is 5.91 Å². The predicted octanol–water partition coefficient (Wildman–Crippen LogP) is 2.36. The largest absolute Gasteiger partial charge is 0.340 e. The van der Waals surface area contributed by atoms with Crippen molar-refractivity contribution >= 4 is 17.7 Å². The molecule has 1 saturated heterocycles. The van der Waals surface area contributed by atoms with E-state index in [0.717, 1.165) is 31.7 Å². The molecule has 1 aliphatic heterocycles. The maximum absolute atomic E-state index is 12.5. The van der Waals surface area contributed by atoms with Gasteiger partial charge in [0.25, 0.3) is 0 Å². The van der Waals surface area contributed by atoms with Gasteiger partial charge >= 0.3 is 0 Å². The van der Waals surface area contributed by atoms with E-state index in [9.17, 15) is 4.79 Å². The molecule has 0 aromatic carbocycles. The third-order valence-electron chi connectivity index (χ3n) is 3.73. The lowest BCUT2D eigenvalue weighted by Crippen LogP contribution is -2.44. The van der Waals surface area contributed by atoms with Crippen molar-refractivity contribution < 1.29 is 4.79 Å². The highest BCUT2D eigenvalue weighted by atomic mass is 32.2. The number of hydrogen-bond acceptors (Lipinski definition) is 4. The van der Waals surface area contributed by atoms with Gasteiger partial charge in [0.05, 0.1) is 11.3 Å². The van der Waals surface area contributed by atoms with Crippen LogP contribution in [0.1, 0.15) is 45.6 Å². The third kappa shape index (κ3) is 3.98. The van der Waals surface area contributed by atoms with Crippen molar-refractivity contribution in [2.24, 2.45) is 0 Å². The summed E-state index contributed by atoms with van der Waals surface area (Å²) in [5, 5.41) is 4.27. The van der Waals surface area contributed by atoms with Crippen molar-refractivity contribution in [1.29, 1.82) is 0 Å². The molecule has 6 heteroatoms. The highest BCUT2D eigenvalue weighted by molar-refractivity contribution is 8.00. The van der Waals surface area contributed by atoms with Crippen LogP contribution in [0.4, 0.5) is 0 Å². The summed E-state index contributed by atoms with van der Waals surface area (Å²) < 4.78 is 1.88. The van der Waals surface area contributed by atoms with Crippen molar-refractivity contribution in [2.75, 3.05) is 18.8 Å². The van der Waals surface area contributed by atoms with Gasteiger partial charge < -0.3 is 4.90 Å². The van der Waals surface area contributed by atoms with Crippen LogP contribution in [0.5, 0.6) is 0 Å². The smallest absolute Gasteiger partial charge is 0.235 e. The quantitative estimate of drug-likeness (QED) is 0.756. The SMILES string of the molecule is CCCCSC(C)C(=O)N1CCCC(n2cncn2)C1. The lowest BCUT2D eigenvalue weighted by Gasteiger charge is -2.34. The summed E-state index contributed by atoms with van der Waals surface area (Å²) in [6, 6.07) is 0.281. The number of unbranched alkanes of at least 4 members (excludes halogenated alkanes) is 1. The van der Waals surface area contributed by atoms with Gasteiger partial charge in [0.1, 0.15) is 12.7 Å². The molecule has 0 saturated carbocycles. The molecule has 1 amide bonds. The molecule has 2 unspecified atom stereocenters. The van der Waals surface area contributed by atoms with E-state index in [1.807, 2.05) is 16.5 Å². The maximum atomic E-state index is 12.5. The fourth-order valence-corrected chi connectivity index (χ4v) is 3.61. The molecule has 5 nitrogen and oxygen atoms in total. The van der Waals surface area contributed by atoms with Gasteiger partial charge in [0.15, 0.2) is 0 Å². The summed E-state index contributed by atoms with van der Waals surface area (Å²) >= 11 is 1.78. The molecule has 1 aromatic heterocycles. The molecule has 112 valence electrons. The van der Waals surface area contributed by atoms with E-state index in [0.29, 0.717) is 0 Å². The fourth-order valence-electron chi connectivity index (χ4n) is 2.51. The van der Waals surface area contributed by atoms with Crippen molar-refractivity contribution in [3.63, 3.8) is 0 Å². The second kappa shape index (κ2) is 7.67. The van der Waals surface area contributed by atoms with Gasteiger partial charge in [-0.3, -0.25) is 4.79 Å². The van der Waals surface area contributed by atoms with Gasteiger partial charge in [-0.15, -0.1) is 11.8 Å². The van der Waals surface area contributed by atoms with Crippen LogP contribution in [0, 0.1) is 0 Å². The van der Waals surface area contributed by atoms with E-state index >= 15 is 0 Å². The second-order valence-electron chi connectivity index (χ2n) is 5.32. The normalized spacial score (nSPS) is 20.9. The molecule has 0 spiro atoms. The van der Waals surface area contributed by atoms with Crippen molar-refractivity contribution in [2.45, 2.75) is 50.8 Å². The summed E-state index contributed by atoms with van der Waals surface area (Å²) in [4.78, 5) is 18.5. The Morgan fingerprint density at radius 1 is 1.55 bits per heavy atom. The van der Waals surface area contributed by atoms with Crippen molar-refractivity contribution in [1.82, 2.24) is 19.7 Å². The number of carbonyl (C=O) groups excluding carboxylic acids is 1. The Bertz CT molecular complexity index is 409. The number of thioether (sulfide) groups is 1. The first-order valence-corrected chi connectivity index (χ1v) is 8.51. The monoisotopic (exact) mass is 296 g/mol. The molecule has 0 N–H and O–H groups in total. The van der Waals surface area contributed by atoms with Gasteiger partial charge in [-0.2, -0.15) is 5.10 Å². The molecule has 0 radical (unpaired) electrons. The first-order chi connectivity index (χ1) is 9.72. The lowest BCUT2D eigenvalue weighted by atomic mass is 10.1. The lowest BCUT2D eigenvalue weighted by molar-refractivity contribution is -0.132.